The van der Waals surface area contributed by atoms with Gasteiger partial charge in [0.25, 0.3) is 0 Å². The van der Waals surface area contributed by atoms with Gasteiger partial charge in [-0.3, -0.25) is 4.79 Å². The number of nitrogens with two attached hydrogens (primary N) is 1. The van der Waals surface area contributed by atoms with Crippen molar-refractivity contribution < 1.29 is 0 Å². The van der Waals surface area contributed by atoms with Crippen LogP contribution in [0.25, 0.3) is 11.1 Å². The van der Waals surface area contributed by atoms with Gasteiger partial charge in [-0.25, -0.2) is 0 Å². The Bertz CT molecular complexity index is 821. The summed E-state index contributed by atoms with van der Waals surface area (Å²) in [6.07, 6.45) is 1.84. The molecule has 0 saturated heterocycles. The molecule has 0 unspecified atom stereocenters. The molecule has 22 heavy (non-hydrogen) atoms. The zero-order valence-corrected chi connectivity index (χ0v) is 13.8. The van der Waals surface area contributed by atoms with Gasteiger partial charge in [-0.15, -0.1) is 0 Å². The van der Waals surface area contributed by atoms with Crippen molar-refractivity contribution in [1.82, 2.24) is 0 Å². The number of benzene rings is 1. The number of fused-ring (bicyclic) bond motifs is 3. The first-order chi connectivity index (χ1) is 10.4. The maximum atomic E-state index is 12.2. The van der Waals surface area contributed by atoms with Crippen molar-refractivity contribution in [3.63, 3.8) is 0 Å². The van der Waals surface area contributed by atoms with Gasteiger partial charge < -0.3 is 5.73 Å². The van der Waals surface area contributed by atoms with E-state index in [4.69, 9.17) is 5.73 Å². The van der Waals surface area contributed by atoms with Gasteiger partial charge in [0.1, 0.15) is 0 Å². The maximum Gasteiger partial charge on any atom is 0.181 e. The minimum atomic E-state index is -0.0816. The van der Waals surface area contributed by atoms with Crippen molar-refractivity contribution in [2.24, 2.45) is 5.73 Å². The molecular formula is C20H23NO. The van der Waals surface area contributed by atoms with E-state index in [0.717, 1.165) is 29.5 Å². The van der Waals surface area contributed by atoms with Crippen LogP contribution in [0.15, 0.2) is 29.1 Å². The Morgan fingerprint density at radius 3 is 2.45 bits per heavy atom. The van der Waals surface area contributed by atoms with Gasteiger partial charge in [-0.1, -0.05) is 18.2 Å². The third kappa shape index (κ3) is 2.28. The predicted octanol–water partition coefficient (Wildman–Crippen LogP) is 3.89. The summed E-state index contributed by atoms with van der Waals surface area (Å²) in [4.78, 5) is 12.2. The lowest BCUT2D eigenvalue weighted by Gasteiger charge is -2.16. The van der Waals surface area contributed by atoms with Crippen molar-refractivity contribution in [3.05, 3.63) is 67.9 Å². The summed E-state index contributed by atoms with van der Waals surface area (Å²) >= 11 is 0. The molecule has 0 aliphatic heterocycles. The molecule has 0 amide bonds. The highest BCUT2D eigenvalue weighted by Gasteiger charge is 2.22. The SMILES string of the molecule is Cc1cc2c(c(C)c1C)-c1ccc(C)c(=O)cc1[C@@H](N)CC2. The first-order valence-corrected chi connectivity index (χ1v) is 7.90. The highest BCUT2D eigenvalue weighted by Crippen LogP contribution is 2.39. The van der Waals surface area contributed by atoms with Gasteiger partial charge >= 0.3 is 0 Å². The molecule has 0 aromatic heterocycles. The van der Waals surface area contributed by atoms with Crippen LogP contribution in [0.4, 0.5) is 0 Å². The molecule has 0 spiro atoms. The topological polar surface area (TPSA) is 43.1 Å². The molecule has 0 heterocycles. The van der Waals surface area contributed by atoms with Crippen LogP contribution in [-0.4, -0.2) is 0 Å². The van der Waals surface area contributed by atoms with E-state index >= 15 is 0 Å². The molecule has 0 saturated carbocycles. The lowest BCUT2D eigenvalue weighted by Crippen LogP contribution is -2.12. The minimum absolute atomic E-state index is 0.0710. The zero-order chi connectivity index (χ0) is 16.0. The highest BCUT2D eigenvalue weighted by molar-refractivity contribution is 5.76. The molecule has 114 valence electrons. The van der Waals surface area contributed by atoms with Crippen LogP contribution in [0.5, 0.6) is 0 Å². The van der Waals surface area contributed by atoms with Crippen LogP contribution in [0, 0.1) is 27.7 Å². The largest absolute Gasteiger partial charge is 0.324 e. The normalized spacial score (nSPS) is 16.7. The summed E-state index contributed by atoms with van der Waals surface area (Å²) < 4.78 is 0. The van der Waals surface area contributed by atoms with E-state index in [9.17, 15) is 4.79 Å². The first kappa shape index (κ1) is 15.0. The molecule has 2 nitrogen and oxygen atoms in total. The maximum absolute atomic E-state index is 12.2. The standard InChI is InChI=1S/C20H23NO/c1-11-5-7-16-17(10-19(11)22)18(21)8-6-15-9-12(2)13(3)14(4)20(15)16/h5,7,9-10,18H,6,8,21H2,1-4H3/t18-/m0/s1. The first-order valence-electron chi connectivity index (χ1n) is 7.90. The molecule has 2 N–H and O–H groups in total. The summed E-state index contributed by atoms with van der Waals surface area (Å²) in [6, 6.07) is 7.97. The number of rotatable bonds is 0. The third-order valence-corrected chi connectivity index (χ3v) is 5.12. The van der Waals surface area contributed by atoms with E-state index in [-0.39, 0.29) is 11.5 Å². The lowest BCUT2D eigenvalue weighted by molar-refractivity contribution is 0.660. The Labute approximate surface area is 132 Å². The van der Waals surface area contributed by atoms with Gasteiger partial charge in [0, 0.05) is 6.04 Å². The minimum Gasteiger partial charge on any atom is -0.324 e. The second-order valence-electron chi connectivity index (χ2n) is 6.52. The number of aryl methyl sites for hydroxylation is 3. The molecular weight excluding hydrogens is 270 g/mol. The Morgan fingerprint density at radius 2 is 1.73 bits per heavy atom. The van der Waals surface area contributed by atoms with E-state index < -0.39 is 0 Å². The van der Waals surface area contributed by atoms with E-state index in [1.54, 1.807) is 6.07 Å². The van der Waals surface area contributed by atoms with Crippen LogP contribution >= 0.6 is 0 Å². The van der Waals surface area contributed by atoms with Gasteiger partial charge in [0.05, 0.1) is 0 Å². The van der Waals surface area contributed by atoms with Gasteiger partial charge in [0.15, 0.2) is 5.43 Å². The third-order valence-electron chi connectivity index (χ3n) is 5.12. The Morgan fingerprint density at radius 1 is 1.00 bits per heavy atom. The molecule has 3 rings (SSSR count). The summed E-state index contributed by atoms with van der Waals surface area (Å²) in [5.41, 5.74) is 15.9. The summed E-state index contributed by atoms with van der Waals surface area (Å²) in [7, 11) is 0. The van der Waals surface area contributed by atoms with E-state index in [1.807, 2.05) is 13.0 Å². The summed E-state index contributed by atoms with van der Waals surface area (Å²) in [5, 5.41) is 0. The second kappa shape index (κ2) is 5.36. The average Bonchev–Trinajstić information content (AvgIpc) is 2.70. The van der Waals surface area contributed by atoms with Crippen LogP contribution in [0.1, 0.15) is 45.8 Å². The van der Waals surface area contributed by atoms with Crippen LogP contribution in [0.2, 0.25) is 0 Å². The fourth-order valence-electron chi connectivity index (χ4n) is 3.46. The van der Waals surface area contributed by atoms with Crippen LogP contribution < -0.4 is 11.2 Å². The Hall–Kier alpha value is -1.93. The quantitative estimate of drug-likeness (QED) is 0.800. The Balaban J connectivity index is 2.45. The molecule has 0 fully saturated rings. The summed E-state index contributed by atoms with van der Waals surface area (Å²) in [6.45, 7) is 8.38. The van der Waals surface area contributed by atoms with Crippen LogP contribution in [0.3, 0.4) is 0 Å². The van der Waals surface area contributed by atoms with Crippen molar-refractivity contribution >= 4 is 0 Å². The fraction of sp³-hybridized carbons (Fsp3) is 0.350. The zero-order valence-electron chi connectivity index (χ0n) is 13.8. The molecule has 1 atom stereocenters. The Kier molecular flexibility index (Phi) is 3.65. The molecule has 2 aromatic rings. The molecule has 2 heteroatoms. The average molecular weight is 293 g/mol. The smallest absolute Gasteiger partial charge is 0.181 e. The molecule has 0 bridgehead atoms. The van der Waals surface area contributed by atoms with Crippen molar-refractivity contribution in [1.29, 1.82) is 0 Å². The second-order valence-corrected chi connectivity index (χ2v) is 6.52. The highest BCUT2D eigenvalue weighted by atomic mass is 16.1. The number of hydrogen-bond acceptors (Lipinski definition) is 2. The molecule has 1 aliphatic carbocycles. The van der Waals surface area contributed by atoms with E-state index in [0.29, 0.717) is 0 Å². The van der Waals surface area contributed by atoms with Crippen molar-refractivity contribution in [2.75, 3.05) is 0 Å². The number of hydrogen-bond donors (Lipinski definition) is 1. The van der Waals surface area contributed by atoms with Gasteiger partial charge in [-0.2, -0.15) is 0 Å². The predicted molar refractivity (Wildman–Crippen MR) is 92.3 cm³/mol. The van der Waals surface area contributed by atoms with E-state index in [2.05, 4.69) is 32.9 Å². The molecule has 0 radical (unpaired) electrons. The van der Waals surface area contributed by atoms with Crippen molar-refractivity contribution in [3.8, 4) is 11.1 Å². The monoisotopic (exact) mass is 293 g/mol. The van der Waals surface area contributed by atoms with Gasteiger partial charge in [0.2, 0.25) is 0 Å². The van der Waals surface area contributed by atoms with Crippen LogP contribution in [-0.2, 0) is 6.42 Å². The van der Waals surface area contributed by atoms with E-state index in [1.165, 1.54) is 27.8 Å². The molecule has 2 aromatic carbocycles. The van der Waals surface area contributed by atoms with Gasteiger partial charge in [-0.05, 0) is 91.1 Å². The fourth-order valence-corrected chi connectivity index (χ4v) is 3.46. The van der Waals surface area contributed by atoms with Crippen molar-refractivity contribution in [2.45, 2.75) is 46.6 Å². The lowest BCUT2D eigenvalue weighted by atomic mass is 9.88. The summed E-state index contributed by atoms with van der Waals surface area (Å²) in [5.74, 6) is 0. The molecule has 1 aliphatic rings.